The zero-order valence-electron chi connectivity index (χ0n) is 20.7. The van der Waals surface area contributed by atoms with Crippen molar-refractivity contribution < 1.29 is 27.4 Å². The van der Waals surface area contributed by atoms with E-state index >= 15 is 0 Å². The summed E-state index contributed by atoms with van der Waals surface area (Å²) >= 11 is 0. The highest BCUT2D eigenvalue weighted by molar-refractivity contribution is 5.95. The molecule has 1 heterocycles. The van der Waals surface area contributed by atoms with Crippen molar-refractivity contribution in [3.8, 4) is 5.75 Å². The van der Waals surface area contributed by atoms with Crippen molar-refractivity contribution in [2.24, 2.45) is 11.3 Å². The molecule has 0 bridgehead atoms. The molecule has 4 rings (SSSR count). The number of hydrogen-bond acceptors (Lipinski definition) is 5. The number of methoxy groups -OCH3 is 1. The first kappa shape index (κ1) is 26.4. The molecule has 2 N–H and O–H groups in total. The van der Waals surface area contributed by atoms with Crippen LogP contribution in [0, 0.1) is 18.3 Å². The number of esters is 1. The molecule has 1 aromatic heterocycles. The Morgan fingerprint density at radius 3 is 2.43 bits per heavy atom. The van der Waals surface area contributed by atoms with Crippen LogP contribution >= 0.6 is 0 Å². The van der Waals surface area contributed by atoms with E-state index < -0.39 is 12.3 Å². The highest BCUT2D eigenvalue weighted by Gasteiger charge is 2.31. The number of aryl methyl sites for hydroxylation is 1. The Kier molecular flexibility index (Phi) is 7.97. The van der Waals surface area contributed by atoms with E-state index in [9.17, 15) is 18.0 Å². The van der Waals surface area contributed by atoms with Gasteiger partial charge in [0.25, 0.3) is 0 Å². The van der Waals surface area contributed by atoms with E-state index in [2.05, 4.69) is 40.8 Å². The second-order valence-electron chi connectivity index (χ2n) is 9.82. The number of hydrogen-bond donors (Lipinski definition) is 2. The monoisotopic (exact) mass is 491 g/mol. The van der Waals surface area contributed by atoms with E-state index in [1.54, 1.807) is 19.1 Å². The van der Waals surface area contributed by atoms with E-state index in [0.717, 1.165) is 11.5 Å². The van der Waals surface area contributed by atoms with E-state index in [1.807, 2.05) is 0 Å². The number of imidazole rings is 1. The number of rotatable bonds is 4. The summed E-state index contributed by atoms with van der Waals surface area (Å²) in [6, 6.07) is 8.62. The fourth-order valence-corrected chi connectivity index (χ4v) is 4.51. The maximum atomic E-state index is 12.2. The standard InChI is InChI=1S/C17H14F3N3O3.C9H18/c1-9-7-13-14(8-12(9)15(24)25-2)23-16(22-13)21-10-3-5-11(6-4-10)26-17(18,19)20;1-8-5-4-6-9(2,3)7-8/h3-8H,1-2H3,(H2,21,22,23);8H,4-7H2,1-3H3. The number of carbonyl (C=O) groups is 1. The van der Waals surface area contributed by atoms with Crippen molar-refractivity contribution >= 4 is 28.6 Å². The molecule has 6 nitrogen and oxygen atoms in total. The number of aromatic amines is 1. The first-order valence-electron chi connectivity index (χ1n) is 11.6. The van der Waals surface area contributed by atoms with Gasteiger partial charge in [0, 0.05) is 5.69 Å². The van der Waals surface area contributed by atoms with Crippen molar-refractivity contribution in [2.45, 2.75) is 59.7 Å². The van der Waals surface area contributed by atoms with Gasteiger partial charge in [0.2, 0.25) is 5.95 Å². The second kappa shape index (κ2) is 10.6. The number of carbonyl (C=O) groups excluding carboxylic acids is 1. The number of anilines is 2. The predicted octanol–water partition coefficient (Wildman–Crippen LogP) is 7.52. The average Bonchev–Trinajstić information content (AvgIpc) is 3.13. The molecule has 1 aliphatic rings. The first-order chi connectivity index (χ1) is 16.3. The normalized spacial score (nSPS) is 17.3. The molecule has 9 heteroatoms. The van der Waals surface area contributed by atoms with Gasteiger partial charge in [-0.05, 0) is 73.1 Å². The van der Waals surface area contributed by atoms with Gasteiger partial charge < -0.3 is 19.8 Å². The number of nitrogens with zero attached hydrogens (tertiary/aromatic N) is 1. The molecular weight excluding hydrogens is 459 g/mol. The van der Waals surface area contributed by atoms with Gasteiger partial charge in [-0.15, -0.1) is 13.2 Å². The van der Waals surface area contributed by atoms with E-state index in [4.69, 9.17) is 4.74 Å². The van der Waals surface area contributed by atoms with Gasteiger partial charge in [-0.2, -0.15) is 0 Å². The first-order valence-corrected chi connectivity index (χ1v) is 11.6. The third kappa shape index (κ3) is 7.63. The Bertz CT molecular complexity index is 1150. The zero-order valence-corrected chi connectivity index (χ0v) is 20.7. The van der Waals surface area contributed by atoms with E-state index in [0.29, 0.717) is 33.6 Å². The lowest BCUT2D eigenvalue weighted by Gasteiger charge is -2.33. The summed E-state index contributed by atoms with van der Waals surface area (Å²) in [6.07, 6.45) is 1.06. The Morgan fingerprint density at radius 2 is 1.89 bits per heavy atom. The van der Waals surface area contributed by atoms with E-state index in [-0.39, 0.29) is 5.75 Å². The lowest BCUT2D eigenvalue weighted by Crippen LogP contribution is -2.20. The number of ether oxygens (including phenoxy) is 2. The number of fused-ring (bicyclic) bond motifs is 1. The summed E-state index contributed by atoms with van der Waals surface area (Å²) in [7, 11) is 1.30. The minimum Gasteiger partial charge on any atom is -0.465 e. The lowest BCUT2D eigenvalue weighted by molar-refractivity contribution is -0.274. The Hall–Kier alpha value is -3.23. The molecule has 2 aromatic carbocycles. The molecule has 3 aromatic rings. The third-order valence-corrected chi connectivity index (χ3v) is 6.04. The number of H-pyrrole nitrogens is 1. The van der Waals surface area contributed by atoms with Crippen LogP contribution in [-0.2, 0) is 4.74 Å². The summed E-state index contributed by atoms with van der Waals surface area (Å²) < 4.78 is 45.1. The lowest BCUT2D eigenvalue weighted by atomic mass is 9.73. The van der Waals surface area contributed by atoms with Crippen LogP contribution in [0.15, 0.2) is 36.4 Å². The smallest absolute Gasteiger partial charge is 0.465 e. The summed E-state index contributed by atoms with van der Waals surface area (Å²) in [5.74, 6) is 0.591. The molecule has 35 heavy (non-hydrogen) atoms. The van der Waals surface area contributed by atoms with Crippen LogP contribution in [0.4, 0.5) is 24.8 Å². The molecule has 190 valence electrons. The minimum absolute atomic E-state index is 0.314. The number of benzene rings is 2. The second-order valence-corrected chi connectivity index (χ2v) is 9.82. The van der Waals surface area contributed by atoms with Crippen LogP contribution in [0.25, 0.3) is 11.0 Å². The molecule has 1 fully saturated rings. The van der Waals surface area contributed by atoms with Crippen molar-refractivity contribution in [3.05, 3.63) is 47.5 Å². The van der Waals surface area contributed by atoms with Gasteiger partial charge in [0.1, 0.15) is 5.75 Å². The Labute approximate surface area is 203 Å². The maximum absolute atomic E-state index is 12.2. The van der Waals surface area contributed by atoms with Crippen molar-refractivity contribution in [2.75, 3.05) is 12.4 Å². The molecule has 0 saturated heterocycles. The molecule has 1 aliphatic carbocycles. The molecule has 0 spiro atoms. The summed E-state index contributed by atoms with van der Waals surface area (Å²) in [6.45, 7) is 8.94. The van der Waals surface area contributed by atoms with E-state index in [1.165, 1.54) is 57.1 Å². The topological polar surface area (TPSA) is 76.2 Å². The van der Waals surface area contributed by atoms with Gasteiger partial charge in [-0.25, -0.2) is 9.78 Å². The number of aromatic nitrogens is 2. The summed E-state index contributed by atoms with van der Waals surface area (Å²) in [5.41, 5.74) is 3.56. The van der Waals surface area contributed by atoms with Crippen LogP contribution in [0.1, 0.15) is 62.4 Å². The van der Waals surface area contributed by atoms with Crippen LogP contribution in [-0.4, -0.2) is 29.4 Å². The average molecular weight is 492 g/mol. The van der Waals surface area contributed by atoms with Crippen LogP contribution < -0.4 is 10.1 Å². The maximum Gasteiger partial charge on any atom is 0.573 e. The molecule has 1 atom stereocenters. The molecule has 1 saturated carbocycles. The van der Waals surface area contributed by atoms with Gasteiger partial charge >= 0.3 is 12.3 Å². The zero-order chi connectivity index (χ0) is 25.8. The number of halogens is 3. The quantitative estimate of drug-likeness (QED) is 0.369. The van der Waals surface area contributed by atoms with Gasteiger partial charge in [-0.1, -0.05) is 33.6 Å². The van der Waals surface area contributed by atoms with Gasteiger partial charge in [-0.3, -0.25) is 0 Å². The number of nitrogens with one attached hydrogen (secondary N) is 2. The Balaban J connectivity index is 0.000000320. The predicted molar refractivity (Wildman–Crippen MR) is 130 cm³/mol. The van der Waals surface area contributed by atoms with Crippen molar-refractivity contribution in [1.29, 1.82) is 0 Å². The van der Waals surface area contributed by atoms with Crippen molar-refractivity contribution in [3.63, 3.8) is 0 Å². The SMILES string of the molecule is CC1CCCC(C)(C)C1.COC(=O)c1cc2nc(Nc3ccc(OC(F)(F)F)cc3)[nH]c2cc1C. The van der Waals surface area contributed by atoms with Crippen molar-refractivity contribution in [1.82, 2.24) is 9.97 Å². The van der Waals surface area contributed by atoms with Crippen LogP contribution in [0.3, 0.4) is 0 Å². The molecule has 0 aliphatic heterocycles. The summed E-state index contributed by atoms with van der Waals surface area (Å²) in [5, 5.41) is 2.95. The molecule has 0 amide bonds. The molecular formula is C26H32F3N3O3. The number of alkyl halides is 3. The van der Waals surface area contributed by atoms with Gasteiger partial charge in [0.05, 0.1) is 23.7 Å². The highest BCUT2D eigenvalue weighted by Crippen LogP contribution is 2.38. The highest BCUT2D eigenvalue weighted by atomic mass is 19.4. The fourth-order valence-electron chi connectivity index (χ4n) is 4.51. The molecule has 0 radical (unpaired) electrons. The van der Waals surface area contributed by atoms with Crippen LogP contribution in [0.2, 0.25) is 0 Å². The van der Waals surface area contributed by atoms with Crippen LogP contribution in [0.5, 0.6) is 5.75 Å². The van der Waals surface area contributed by atoms with Gasteiger partial charge in [0.15, 0.2) is 0 Å². The summed E-state index contributed by atoms with van der Waals surface area (Å²) in [4.78, 5) is 19.1. The molecule has 1 unspecified atom stereocenters. The third-order valence-electron chi connectivity index (χ3n) is 6.04. The fraction of sp³-hybridized carbons (Fsp3) is 0.462. The largest absolute Gasteiger partial charge is 0.573 e. The minimum atomic E-state index is -4.73. The Morgan fingerprint density at radius 1 is 1.20 bits per heavy atom.